The average molecular weight is 435 g/mol. The van der Waals surface area contributed by atoms with Gasteiger partial charge in [-0.05, 0) is 60.5 Å². The van der Waals surface area contributed by atoms with Gasteiger partial charge in [-0.2, -0.15) is 15.1 Å². The molecule has 31 heavy (non-hydrogen) atoms. The Morgan fingerprint density at radius 3 is 2.58 bits per heavy atom. The lowest BCUT2D eigenvalue weighted by Gasteiger charge is -2.20. The topological polar surface area (TPSA) is 87.3 Å². The summed E-state index contributed by atoms with van der Waals surface area (Å²) >= 11 is 1.33. The van der Waals surface area contributed by atoms with Crippen LogP contribution in [-0.4, -0.2) is 40.2 Å². The Bertz CT molecular complexity index is 1110. The highest BCUT2D eigenvalue weighted by molar-refractivity contribution is 8.26. The van der Waals surface area contributed by atoms with Crippen molar-refractivity contribution in [1.82, 2.24) is 5.01 Å². The summed E-state index contributed by atoms with van der Waals surface area (Å²) in [5.74, 6) is 1.17. The van der Waals surface area contributed by atoms with Crippen LogP contribution in [0, 0.1) is 12.3 Å². The number of aryl methyl sites for hydroxylation is 1. The van der Waals surface area contributed by atoms with E-state index in [4.69, 9.17) is 14.9 Å². The van der Waals surface area contributed by atoms with E-state index in [2.05, 4.69) is 10.1 Å². The molecule has 0 saturated carbocycles. The highest BCUT2D eigenvalue weighted by atomic mass is 32.2. The number of thioether (sulfide) groups is 1. The maximum Gasteiger partial charge on any atom is 0.283 e. The van der Waals surface area contributed by atoms with Crippen LogP contribution >= 0.6 is 11.8 Å². The molecule has 7 nitrogen and oxygen atoms in total. The summed E-state index contributed by atoms with van der Waals surface area (Å²) in [7, 11) is 0. The van der Waals surface area contributed by atoms with Crippen LogP contribution < -0.4 is 9.47 Å². The van der Waals surface area contributed by atoms with Gasteiger partial charge in [0.1, 0.15) is 29.8 Å². The molecule has 2 aliphatic rings. The van der Waals surface area contributed by atoms with E-state index in [9.17, 15) is 4.79 Å². The number of amides is 1. The molecule has 158 valence electrons. The first-order valence-corrected chi connectivity index (χ1v) is 10.8. The van der Waals surface area contributed by atoms with Crippen molar-refractivity contribution in [3.63, 3.8) is 0 Å². The zero-order valence-electron chi connectivity index (χ0n) is 17.3. The van der Waals surface area contributed by atoms with Crippen molar-refractivity contribution >= 4 is 39.8 Å². The molecule has 2 aromatic rings. The summed E-state index contributed by atoms with van der Waals surface area (Å²) in [5, 5.41) is 15.4. The highest BCUT2D eigenvalue weighted by Gasteiger charge is 2.34. The number of nitrogens with one attached hydrogen (secondary N) is 1. The largest absolute Gasteiger partial charge is 0.490 e. The minimum atomic E-state index is -0.426. The van der Waals surface area contributed by atoms with Gasteiger partial charge in [0.15, 0.2) is 5.84 Å². The van der Waals surface area contributed by atoms with Crippen molar-refractivity contribution in [3.8, 4) is 11.5 Å². The van der Waals surface area contributed by atoms with Gasteiger partial charge in [-0.1, -0.05) is 37.3 Å². The summed E-state index contributed by atoms with van der Waals surface area (Å²) in [5.41, 5.74) is 2.08. The number of fused-ring (bicyclic) bond motifs is 1. The van der Waals surface area contributed by atoms with Crippen molar-refractivity contribution in [2.75, 3.05) is 13.2 Å². The fourth-order valence-corrected chi connectivity index (χ4v) is 3.86. The van der Waals surface area contributed by atoms with Gasteiger partial charge in [0.2, 0.25) is 5.17 Å². The predicted molar refractivity (Wildman–Crippen MR) is 124 cm³/mol. The minimum absolute atomic E-state index is 0.0413. The Balaban J connectivity index is 1.36. The Kier molecular flexibility index (Phi) is 6.18. The number of para-hydroxylation sites is 1. The summed E-state index contributed by atoms with van der Waals surface area (Å²) < 4.78 is 11.5. The molecule has 1 amide bonds. The Hall–Kier alpha value is -3.39. The third kappa shape index (κ3) is 4.69. The monoisotopic (exact) mass is 434 g/mol. The lowest BCUT2D eigenvalue weighted by atomic mass is 10.1. The van der Waals surface area contributed by atoms with Crippen LogP contribution in [0.3, 0.4) is 0 Å². The van der Waals surface area contributed by atoms with Crippen molar-refractivity contribution in [3.05, 3.63) is 65.2 Å². The van der Waals surface area contributed by atoms with Crippen molar-refractivity contribution < 1.29 is 14.3 Å². The van der Waals surface area contributed by atoms with Crippen molar-refractivity contribution in [2.45, 2.75) is 20.3 Å². The zero-order chi connectivity index (χ0) is 21.8. The number of hydrogen-bond donors (Lipinski definition) is 1. The molecule has 0 spiro atoms. The molecule has 0 fully saturated rings. The molecule has 0 saturated heterocycles. The van der Waals surface area contributed by atoms with E-state index < -0.39 is 5.91 Å². The number of carbonyl (C=O) groups is 1. The lowest BCUT2D eigenvalue weighted by Crippen LogP contribution is -2.35. The van der Waals surface area contributed by atoms with E-state index in [1.807, 2.05) is 62.4 Å². The first-order chi connectivity index (χ1) is 15.0. The van der Waals surface area contributed by atoms with Crippen LogP contribution in [0.2, 0.25) is 0 Å². The molecule has 2 aliphatic heterocycles. The van der Waals surface area contributed by atoms with E-state index >= 15 is 0 Å². The fourth-order valence-electron chi connectivity index (χ4n) is 3.03. The number of hydrogen-bond acceptors (Lipinski definition) is 6. The molecule has 0 atom stereocenters. The van der Waals surface area contributed by atoms with Crippen LogP contribution in [0.4, 0.5) is 0 Å². The maximum atomic E-state index is 12.4. The number of amidine groups is 2. The second-order valence-corrected chi connectivity index (χ2v) is 7.94. The normalized spacial score (nSPS) is 16.8. The highest BCUT2D eigenvalue weighted by Crippen LogP contribution is 2.29. The van der Waals surface area contributed by atoms with Gasteiger partial charge >= 0.3 is 0 Å². The Morgan fingerprint density at radius 1 is 1.10 bits per heavy atom. The minimum Gasteiger partial charge on any atom is -0.490 e. The van der Waals surface area contributed by atoms with Crippen LogP contribution in [-0.2, 0) is 4.79 Å². The molecule has 2 aromatic carbocycles. The van der Waals surface area contributed by atoms with Crippen LogP contribution in [0.15, 0.2) is 64.2 Å². The van der Waals surface area contributed by atoms with Crippen molar-refractivity contribution in [1.29, 1.82) is 5.41 Å². The number of benzene rings is 2. The molecule has 0 radical (unpaired) electrons. The fraction of sp³-hybridized carbons (Fsp3) is 0.217. The van der Waals surface area contributed by atoms with Gasteiger partial charge in [-0.15, -0.1) is 0 Å². The maximum absolute atomic E-state index is 12.4. The van der Waals surface area contributed by atoms with E-state index in [1.54, 1.807) is 6.08 Å². The van der Waals surface area contributed by atoms with E-state index in [0.717, 1.165) is 28.3 Å². The van der Waals surface area contributed by atoms with E-state index in [0.29, 0.717) is 24.1 Å². The van der Waals surface area contributed by atoms with Gasteiger partial charge in [-0.3, -0.25) is 10.2 Å². The van der Waals surface area contributed by atoms with Gasteiger partial charge in [0.25, 0.3) is 5.91 Å². The van der Waals surface area contributed by atoms with Crippen LogP contribution in [0.25, 0.3) is 6.08 Å². The zero-order valence-corrected chi connectivity index (χ0v) is 18.1. The van der Waals surface area contributed by atoms with Crippen LogP contribution in [0.5, 0.6) is 11.5 Å². The Morgan fingerprint density at radius 2 is 1.84 bits per heavy atom. The molecule has 0 unspecified atom stereocenters. The van der Waals surface area contributed by atoms with Gasteiger partial charge < -0.3 is 9.47 Å². The standard InChI is InChI=1S/C23H22N4O3S/c1-3-20-26-27-21(24)18(22(28)25-23(27)31-20)14-16-8-10-17(11-9-16)29-12-13-30-19-7-5-4-6-15(19)2/h4-11,14,24H,3,12-13H2,1-2H3. The summed E-state index contributed by atoms with van der Waals surface area (Å²) in [6.07, 6.45) is 2.39. The molecule has 2 heterocycles. The molecular formula is C23H22N4O3S. The SMILES string of the molecule is CCC1=NN2C(=N)C(=Cc3ccc(OCCOc4ccccc4C)cc3)C(=O)N=C2S1. The van der Waals surface area contributed by atoms with Crippen LogP contribution in [0.1, 0.15) is 24.5 Å². The van der Waals surface area contributed by atoms with Gasteiger partial charge in [0, 0.05) is 0 Å². The third-order valence-corrected chi connectivity index (χ3v) is 5.75. The average Bonchev–Trinajstić information content (AvgIpc) is 3.19. The Labute approximate surface area is 185 Å². The lowest BCUT2D eigenvalue weighted by molar-refractivity contribution is -0.114. The predicted octanol–water partition coefficient (Wildman–Crippen LogP) is 4.48. The number of hydrazone groups is 1. The molecular weight excluding hydrogens is 412 g/mol. The molecule has 1 N–H and O–H groups in total. The summed E-state index contributed by atoms with van der Waals surface area (Å²) in [6.45, 7) is 4.84. The van der Waals surface area contributed by atoms with E-state index in [-0.39, 0.29) is 11.4 Å². The molecule has 0 aliphatic carbocycles. The second kappa shape index (κ2) is 9.18. The number of aliphatic imine (C=N–C) groups is 1. The molecule has 8 heteroatoms. The number of rotatable bonds is 7. The van der Waals surface area contributed by atoms with Gasteiger partial charge in [0.05, 0.1) is 5.57 Å². The van der Waals surface area contributed by atoms with Gasteiger partial charge in [-0.25, -0.2) is 0 Å². The second-order valence-electron chi connectivity index (χ2n) is 6.90. The molecule has 0 bridgehead atoms. The number of carbonyl (C=O) groups excluding carboxylic acids is 1. The third-order valence-electron chi connectivity index (χ3n) is 4.69. The number of nitrogens with zero attached hydrogens (tertiary/aromatic N) is 3. The first kappa shape index (κ1) is 20.9. The molecule has 4 rings (SSSR count). The summed E-state index contributed by atoms with van der Waals surface area (Å²) in [6, 6.07) is 15.2. The smallest absolute Gasteiger partial charge is 0.283 e. The summed E-state index contributed by atoms with van der Waals surface area (Å²) in [4.78, 5) is 16.5. The van der Waals surface area contributed by atoms with Crippen molar-refractivity contribution in [2.24, 2.45) is 10.1 Å². The first-order valence-electron chi connectivity index (χ1n) is 9.95. The quantitative estimate of drug-likeness (QED) is 0.513. The van der Waals surface area contributed by atoms with E-state index in [1.165, 1.54) is 16.8 Å². The molecule has 0 aromatic heterocycles. The number of ether oxygens (including phenoxy) is 2.